The van der Waals surface area contributed by atoms with Crippen LogP contribution in [0.25, 0.3) is 10.8 Å². The van der Waals surface area contributed by atoms with E-state index in [-0.39, 0.29) is 4.90 Å². The number of thiophene rings is 1. The summed E-state index contributed by atoms with van der Waals surface area (Å²) in [6.07, 6.45) is 2.11. The minimum Gasteiger partial charge on any atom is -0.333 e. The quantitative estimate of drug-likeness (QED) is 0.735. The molecule has 0 spiro atoms. The van der Waals surface area contributed by atoms with Crippen molar-refractivity contribution in [3.05, 3.63) is 47.1 Å². The van der Waals surface area contributed by atoms with Crippen LogP contribution in [0.4, 0.5) is 5.69 Å². The van der Waals surface area contributed by atoms with E-state index in [0.29, 0.717) is 33.8 Å². The summed E-state index contributed by atoms with van der Waals surface area (Å²) >= 11 is 1.32. The molecular weight excluding hydrogens is 360 g/mol. The minimum absolute atomic E-state index is 0.0767. The molecule has 1 aliphatic rings. The number of aromatic nitrogens is 2. The van der Waals surface area contributed by atoms with Crippen molar-refractivity contribution in [1.82, 2.24) is 10.1 Å². The van der Waals surface area contributed by atoms with Crippen LogP contribution in [0.15, 0.2) is 45.1 Å². The zero-order valence-corrected chi connectivity index (χ0v) is 14.5. The van der Waals surface area contributed by atoms with Crippen LogP contribution < -0.4 is 4.72 Å². The fourth-order valence-corrected chi connectivity index (χ4v) is 4.21. The lowest BCUT2D eigenvalue weighted by Crippen LogP contribution is -2.12. The number of benzene rings is 1. The highest BCUT2D eigenvalue weighted by atomic mass is 32.2. The average molecular weight is 372 g/mol. The number of sulfonamides is 1. The molecule has 0 atom stereocenters. The van der Waals surface area contributed by atoms with Gasteiger partial charge in [-0.15, -0.1) is 11.3 Å². The highest BCUT2D eigenvalue weighted by Gasteiger charge is 2.30. The third kappa shape index (κ3) is 3.14. The van der Waals surface area contributed by atoms with Crippen molar-refractivity contribution in [3.8, 4) is 16.8 Å². The lowest BCUT2D eigenvalue weighted by atomic mass is 10.2. The van der Waals surface area contributed by atoms with Gasteiger partial charge in [0.05, 0.1) is 22.2 Å². The van der Waals surface area contributed by atoms with Gasteiger partial charge in [0.15, 0.2) is 5.82 Å². The molecule has 2 heterocycles. The number of anilines is 1. The van der Waals surface area contributed by atoms with Gasteiger partial charge in [0.25, 0.3) is 15.9 Å². The first-order chi connectivity index (χ1) is 12.1. The second kappa shape index (κ2) is 5.98. The molecule has 1 fully saturated rings. The molecule has 0 radical (unpaired) electrons. The van der Waals surface area contributed by atoms with Crippen LogP contribution in [-0.2, 0) is 10.0 Å². The van der Waals surface area contributed by atoms with Crippen molar-refractivity contribution in [1.29, 1.82) is 5.26 Å². The first-order valence-corrected chi connectivity index (χ1v) is 9.87. The van der Waals surface area contributed by atoms with E-state index in [1.165, 1.54) is 35.6 Å². The van der Waals surface area contributed by atoms with E-state index in [9.17, 15) is 8.42 Å². The molecular formula is C16H12N4O3S2. The Morgan fingerprint density at radius 2 is 2.00 bits per heavy atom. The first kappa shape index (κ1) is 15.8. The molecule has 25 heavy (non-hydrogen) atoms. The Morgan fingerprint density at radius 1 is 1.24 bits per heavy atom. The lowest BCUT2D eigenvalue weighted by molar-refractivity contribution is 0.423. The first-order valence-electron chi connectivity index (χ1n) is 7.51. The third-order valence-electron chi connectivity index (χ3n) is 3.78. The molecule has 1 N–H and O–H groups in total. The van der Waals surface area contributed by atoms with Crippen LogP contribution in [0.2, 0.25) is 0 Å². The van der Waals surface area contributed by atoms with Crippen molar-refractivity contribution < 1.29 is 12.9 Å². The van der Waals surface area contributed by atoms with Gasteiger partial charge in [0.1, 0.15) is 4.88 Å². The van der Waals surface area contributed by atoms with Crippen molar-refractivity contribution >= 4 is 27.0 Å². The fraction of sp³-hybridized carbons (Fsp3) is 0.188. The standard InChI is InChI=1S/C16H12N4O3S2/c17-9-10-1-5-12(6-2-10)25(21,22)20-13-7-8-24-14(13)16-18-15(19-23-16)11-3-4-11/h1-2,5-8,11,20H,3-4H2. The van der Waals surface area contributed by atoms with E-state index in [2.05, 4.69) is 14.9 Å². The summed E-state index contributed by atoms with van der Waals surface area (Å²) in [6.45, 7) is 0. The molecule has 1 aromatic carbocycles. The monoisotopic (exact) mass is 372 g/mol. The van der Waals surface area contributed by atoms with E-state index in [4.69, 9.17) is 9.78 Å². The number of nitrogens with zero attached hydrogens (tertiary/aromatic N) is 3. The Bertz CT molecular complexity index is 1060. The molecule has 0 unspecified atom stereocenters. The molecule has 1 aliphatic carbocycles. The Morgan fingerprint density at radius 3 is 2.68 bits per heavy atom. The molecule has 3 aromatic rings. The molecule has 4 rings (SSSR count). The molecule has 9 heteroatoms. The van der Waals surface area contributed by atoms with Crippen LogP contribution in [0.5, 0.6) is 0 Å². The van der Waals surface area contributed by atoms with Gasteiger partial charge in [0.2, 0.25) is 0 Å². The topological polar surface area (TPSA) is 109 Å². The van der Waals surface area contributed by atoms with Crippen molar-refractivity contribution in [3.63, 3.8) is 0 Å². The van der Waals surface area contributed by atoms with Gasteiger partial charge in [-0.2, -0.15) is 10.2 Å². The minimum atomic E-state index is -3.78. The summed E-state index contributed by atoms with van der Waals surface area (Å²) in [6, 6.07) is 9.32. The summed E-state index contributed by atoms with van der Waals surface area (Å²) in [5.74, 6) is 1.34. The van der Waals surface area contributed by atoms with E-state index in [1.807, 2.05) is 6.07 Å². The highest BCUT2D eigenvalue weighted by molar-refractivity contribution is 7.92. The summed E-state index contributed by atoms with van der Waals surface area (Å²) in [5, 5.41) is 14.5. The molecule has 0 saturated heterocycles. The Hall–Kier alpha value is -2.70. The summed E-state index contributed by atoms with van der Waals surface area (Å²) in [7, 11) is -3.78. The zero-order valence-electron chi connectivity index (χ0n) is 12.8. The molecule has 0 amide bonds. The highest BCUT2D eigenvalue weighted by Crippen LogP contribution is 2.40. The van der Waals surface area contributed by atoms with Crippen LogP contribution in [-0.4, -0.2) is 18.6 Å². The SMILES string of the molecule is N#Cc1ccc(S(=O)(=O)Nc2ccsc2-c2nc(C3CC3)no2)cc1. The van der Waals surface area contributed by atoms with Crippen LogP contribution in [0, 0.1) is 11.3 Å². The molecule has 0 aliphatic heterocycles. The van der Waals surface area contributed by atoms with Gasteiger partial charge < -0.3 is 4.52 Å². The van der Waals surface area contributed by atoms with Gasteiger partial charge in [-0.25, -0.2) is 8.42 Å². The molecule has 126 valence electrons. The molecule has 0 bridgehead atoms. The van der Waals surface area contributed by atoms with Crippen molar-refractivity contribution in [2.75, 3.05) is 4.72 Å². The average Bonchev–Trinajstić information content (AvgIpc) is 3.17. The van der Waals surface area contributed by atoms with Crippen LogP contribution in [0.1, 0.15) is 30.1 Å². The predicted molar refractivity (Wildman–Crippen MR) is 91.6 cm³/mol. The number of hydrogen-bond donors (Lipinski definition) is 1. The van der Waals surface area contributed by atoms with Gasteiger partial charge in [-0.1, -0.05) is 5.16 Å². The van der Waals surface area contributed by atoms with Crippen molar-refractivity contribution in [2.24, 2.45) is 0 Å². The van der Waals surface area contributed by atoms with Crippen molar-refractivity contribution in [2.45, 2.75) is 23.7 Å². The molecule has 7 nitrogen and oxygen atoms in total. The number of rotatable bonds is 5. The maximum Gasteiger partial charge on any atom is 0.270 e. The van der Waals surface area contributed by atoms with Crippen LogP contribution >= 0.6 is 11.3 Å². The second-order valence-corrected chi connectivity index (χ2v) is 8.24. The second-order valence-electron chi connectivity index (χ2n) is 5.64. The fourth-order valence-electron chi connectivity index (χ4n) is 2.30. The molecule has 1 saturated carbocycles. The summed E-state index contributed by atoms with van der Waals surface area (Å²) < 4.78 is 32.9. The summed E-state index contributed by atoms with van der Waals surface area (Å²) in [4.78, 5) is 5.02. The van der Waals surface area contributed by atoms with E-state index in [1.54, 1.807) is 11.4 Å². The predicted octanol–water partition coefficient (Wildman–Crippen LogP) is 3.35. The zero-order chi connectivity index (χ0) is 17.4. The number of nitrogens with one attached hydrogen (secondary N) is 1. The van der Waals surface area contributed by atoms with Gasteiger partial charge in [-0.3, -0.25) is 4.72 Å². The number of hydrogen-bond acceptors (Lipinski definition) is 7. The van der Waals surface area contributed by atoms with Gasteiger partial charge in [0, 0.05) is 5.92 Å². The van der Waals surface area contributed by atoms with Gasteiger partial charge >= 0.3 is 0 Å². The normalized spacial score (nSPS) is 14.2. The van der Waals surface area contributed by atoms with Crippen LogP contribution in [0.3, 0.4) is 0 Å². The molecule has 2 aromatic heterocycles. The Labute approximate surface area is 148 Å². The van der Waals surface area contributed by atoms with E-state index < -0.39 is 10.0 Å². The largest absolute Gasteiger partial charge is 0.333 e. The maximum atomic E-state index is 12.6. The third-order valence-corrected chi connectivity index (χ3v) is 6.07. The Kier molecular flexibility index (Phi) is 3.78. The maximum absolute atomic E-state index is 12.6. The lowest BCUT2D eigenvalue weighted by Gasteiger charge is -2.07. The summed E-state index contributed by atoms with van der Waals surface area (Å²) in [5.41, 5.74) is 0.786. The van der Waals surface area contributed by atoms with E-state index in [0.717, 1.165) is 12.8 Å². The number of nitriles is 1. The Balaban J connectivity index is 1.62. The van der Waals surface area contributed by atoms with E-state index >= 15 is 0 Å². The smallest absolute Gasteiger partial charge is 0.270 e. The van der Waals surface area contributed by atoms with Gasteiger partial charge in [-0.05, 0) is 48.6 Å².